The third-order valence-electron chi connectivity index (χ3n) is 12.0. The molecule has 5 aliphatic carbocycles. The Morgan fingerprint density at radius 1 is 0.966 bits per heavy atom. The molecule has 0 radical (unpaired) electrons. The molecule has 0 aromatic heterocycles. The van der Waals surface area contributed by atoms with E-state index in [4.69, 9.17) is 0 Å². The molecule has 10 atom stereocenters. The Kier molecular flexibility index (Phi) is 4.86. The van der Waals surface area contributed by atoms with E-state index >= 15 is 0 Å². The molecule has 0 bridgehead atoms. The van der Waals surface area contributed by atoms with Gasteiger partial charge in [-0.1, -0.05) is 32.9 Å². The van der Waals surface area contributed by atoms with E-state index in [1.54, 1.807) is 0 Å². The second-order valence-corrected chi connectivity index (χ2v) is 12.9. The fraction of sp³-hybridized carbons (Fsp3) is 0.929. The number of hydrogen-bond donors (Lipinski definition) is 1. The predicted octanol–water partition coefficient (Wildman–Crippen LogP) is 7.39. The first-order valence-corrected chi connectivity index (χ1v) is 13.1. The normalized spacial score (nSPS) is 52.5. The molecule has 0 aliphatic heterocycles. The molecule has 1 nitrogen and oxygen atoms in total. The number of aliphatic hydroxyl groups is 1. The van der Waals surface area contributed by atoms with Crippen LogP contribution in [0, 0.1) is 51.8 Å². The summed E-state index contributed by atoms with van der Waals surface area (Å²) in [6, 6.07) is 0. The first-order chi connectivity index (χ1) is 13.7. The van der Waals surface area contributed by atoms with E-state index in [-0.39, 0.29) is 6.10 Å². The van der Waals surface area contributed by atoms with Crippen molar-refractivity contribution in [2.75, 3.05) is 0 Å². The van der Waals surface area contributed by atoms with Gasteiger partial charge >= 0.3 is 0 Å². The van der Waals surface area contributed by atoms with Crippen LogP contribution in [0.3, 0.4) is 0 Å². The molecule has 2 spiro atoms. The third kappa shape index (κ3) is 2.81. The summed E-state index contributed by atoms with van der Waals surface area (Å²) in [4.78, 5) is 0. The molecule has 1 heteroatoms. The van der Waals surface area contributed by atoms with E-state index in [2.05, 4.69) is 34.3 Å². The van der Waals surface area contributed by atoms with Crippen molar-refractivity contribution in [3.8, 4) is 0 Å². The van der Waals surface area contributed by atoms with Crippen molar-refractivity contribution >= 4 is 0 Å². The molecule has 0 heterocycles. The van der Waals surface area contributed by atoms with E-state index in [1.807, 2.05) is 0 Å². The van der Waals surface area contributed by atoms with Crippen LogP contribution in [-0.2, 0) is 0 Å². The molecule has 29 heavy (non-hydrogen) atoms. The summed E-state index contributed by atoms with van der Waals surface area (Å²) >= 11 is 0. The highest BCUT2D eigenvalue weighted by atomic mass is 16.3. The molecule has 0 aromatic carbocycles. The van der Waals surface area contributed by atoms with Crippen molar-refractivity contribution < 1.29 is 5.11 Å². The maximum Gasteiger partial charge on any atom is 0.0543 e. The largest absolute Gasteiger partial charge is 0.393 e. The van der Waals surface area contributed by atoms with Gasteiger partial charge < -0.3 is 5.11 Å². The minimum atomic E-state index is 0.00647. The minimum Gasteiger partial charge on any atom is -0.393 e. The maximum atomic E-state index is 10.3. The van der Waals surface area contributed by atoms with Crippen LogP contribution in [0.15, 0.2) is 12.2 Å². The summed E-state index contributed by atoms with van der Waals surface area (Å²) in [7, 11) is 0. The first kappa shape index (κ1) is 20.6. The molecular formula is C28H46O. The van der Waals surface area contributed by atoms with Crippen LogP contribution >= 0.6 is 0 Å². The maximum absolute atomic E-state index is 10.3. The zero-order valence-corrected chi connectivity index (χ0v) is 19.7. The molecule has 5 aliphatic rings. The van der Waals surface area contributed by atoms with Crippen molar-refractivity contribution in [3.63, 3.8) is 0 Å². The first-order valence-electron chi connectivity index (χ1n) is 13.1. The third-order valence-corrected chi connectivity index (χ3v) is 12.0. The second-order valence-electron chi connectivity index (χ2n) is 12.9. The summed E-state index contributed by atoms with van der Waals surface area (Å²) in [5, 5.41) is 10.3. The van der Waals surface area contributed by atoms with Crippen LogP contribution in [0.1, 0.15) is 105 Å². The van der Waals surface area contributed by atoms with Crippen LogP contribution in [0.4, 0.5) is 0 Å². The zero-order chi connectivity index (χ0) is 20.6. The van der Waals surface area contributed by atoms with Crippen molar-refractivity contribution in [1.29, 1.82) is 0 Å². The Morgan fingerprint density at radius 3 is 2.48 bits per heavy atom. The van der Waals surface area contributed by atoms with Gasteiger partial charge in [-0.15, -0.1) is 0 Å². The summed E-state index contributed by atoms with van der Waals surface area (Å²) in [5.41, 5.74) is 3.33. The summed E-state index contributed by atoms with van der Waals surface area (Å²) in [6.45, 7) is 14.0. The monoisotopic (exact) mass is 398 g/mol. The van der Waals surface area contributed by atoms with E-state index in [0.717, 1.165) is 42.4 Å². The molecule has 5 rings (SSSR count). The molecule has 0 saturated heterocycles. The van der Waals surface area contributed by atoms with Gasteiger partial charge in [-0.25, -0.2) is 0 Å². The van der Waals surface area contributed by atoms with Gasteiger partial charge in [0.1, 0.15) is 0 Å². The van der Waals surface area contributed by atoms with Crippen LogP contribution in [0.25, 0.3) is 0 Å². The average Bonchev–Trinajstić information content (AvgIpc) is 3.22. The average molecular weight is 399 g/mol. The SMILES string of the molecule is C=C(C)[C@@H](C)CC[C@@H](C)[C@H]1CC[C@H]2[C@@H]3CC[C@H]4C[C@@H](O)CCC45CC35CC[C@]12C. The van der Waals surface area contributed by atoms with E-state index in [9.17, 15) is 5.11 Å². The van der Waals surface area contributed by atoms with Crippen LogP contribution in [0.5, 0.6) is 0 Å². The zero-order valence-electron chi connectivity index (χ0n) is 19.7. The molecule has 0 aromatic rings. The number of rotatable bonds is 5. The van der Waals surface area contributed by atoms with Gasteiger partial charge in [-0.05, 0) is 136 Å². The minimum absolute atomic E-state index is 0.00647. The Labute approximate surface area is 180 Å². The molecule has 1 N–H and O–H groups in total. The van der Waals surface area contributed by atoms with E-state index in [0.29, 0.717) is 22.2 Å². The van der Waals surface area contributed by atoms with Gasteiger partial charge in [0.05, 0.1) is 6.10 Å². The van der Waals surface area contributed by atoms with Gasteiger partial charge in [0.15, 0.2) is 0 Å². The highest BCUT2D eigenvalue weighted by Gasteiger charge is 2.78. The lowest BCUT2D eigenvalue weighted by molar-refractivity contribution is -0.0829. The fourth-order valence-electron chi connectivity index (χ4n) is 10.1. The lowest BCUT2D eigenvalue weighted by atomic mass is 9.49. The molecule has 5 fully saturated rings. The lowest BCUT2D eigenvalue weighted by Gasteiger charge is -2.56. The van der Waals surface area contributed by atoms with Crippen molar-refractivity contribution in [3.05, 3.63) is 12.2 Å². The lowest BCUT2D eigenvalue weighted by Crippen LogP contribution is -2.49. The quantitative estimate of drug-likeness (QED) is 0.479. The van der Waals surface area contributed by atoms with Crippen LogP contribution in [-0.4, -0.2) is 11.2 Å². The predicted molar refractivity (Wildman–Crippen MR) is 121 cm³/mol. The van der Waals surface area contributed by atoms with Gasteiger partial charge in [-0.3, -0.25) is 0 Å². The van der Waals surface area contributed by atoms with Crippen LogP contribution < -0.4 is 0 Å². The summed E-state index contributed by atoms with van der Waals surface area (Å²) in [5.74, 6) is 5.36. The Morgan fingerprint density at radius 2 is 1.72 bits per heavy atom. The van der Waals surface area contributed by atoms with Crippen LogP contribution in [0.2, 0.25) is 0 Å². The molecule has 0 amide bonds. The number of allylic oxidation sites excluding steroid dienone is 1. The molecule has 5 saturated carbocycles. The number of fused-ring (bicyclic) bond motifs is 2. The van der Waals surface area contributed by atoms with Gasteiger partial charge in [-0.2, -0.15) is 0 Å². The number of hydrogen-bond acceptors (Lipinski definition) is 1. The Hall–Kier alpha value is -0.300. The Balaban J connectivity index is 1.31. The van der Waals surface area contributed by atoms with Gasteiger partial charge in [0, 0.05) is 0 Å². The van der Waals surface area contributed by atoms with E-state index < -0.39 is 0 Å². The summed E-state index contributed by atoms with van der Waals surface area (Å²) in [6.07, 6.45) is 16.7. The highest BCUT2D eigenvalue weighted by molar-refractivity contribution is 5.26. The van der Waals surface area contributed by atoms with Gasteiger partial charge in [0.25, 0.3) is 0 Å². The number of aliphatic hydroxyl groups excluding tert-OH is 1. The van der Waals surface area contributed by atoms with Crippen molar-refractivity contribution in [2.24, 2.45) is 51.8 Å². The Bertz CT molecular complexity index is 667. The standard InChI is InChI=1S/C28H46O/c1-18(2)19(3)6-7-20(4)23-10-11-24-25-9-8-21-16-22(29)12-13-27(21)17-28(25,27)15-14-26(23,24)5/h19-25,29H,1,6-17H2,2-5H3/t19-,20+,21-,22-,23+,24-,25-,26+,27?,28?/m0/s1. The smallest absolute Gasteiger partial charge is 0.0543 e. The van der Waals surface area contributed by atoms with Gasteiger partial charge in [0.2, 0.25) is 0 Å². The van der Waals surface area contributed by atoms with Crippen molar-refractivity contribution in [1.82, 2.24) is 0 Å². The van der Waals surface area contributed by atoms with E-state index in [1.165, 1.54) is 69.8 Å². The van der Waals surface area contributed by atoms with Crippen molar-refractivity contribution in [2.45, 2.75) is 111 Å². The molecule has 2 unspecified atom stereocenters. The summed E-state index contributed by atoms with van der Waals surface area (Å²) < 4.78 is 0. The molecular weight excluding hydrogens is 352 g/mol. The topological polar surface area (TPSA) is 20.2 Å². The fourth-order valence-corrected chi connectivity index (χ4v) is 10.1. The second kappa shape index (κ2) is 6.85. The molecule has 164 valence electrons. The highest BCUT2D eigenvalue weighted by Crippen LogP contribution is 2.85.